The van der Waals surface area contributed by atoms with Gasteiger partial charge in [-0.05, 0) is 27.7 Å². The van der Waals surface area contributed by atoms with Gasteiger partial charge >= 0.3 is 72.9 Å². The number of carbonyl (C=O) groups is 2. The van der Waals surface area contributed by atoms with Crippen molar-refractivity contribution >= 4 is 11.9 Å². The Labute approximate surface area is 154 Å². The summed E-state index contributed by atoms with van der Waals surface area (Å²) in [7, 11) is 0. The summed E-state index contributed by atoms with van der Waals surface area (Å²) in [5.41, 5.74) is -3.39. The standard InChI is InChI=1S/2C4H8O3.C4H9O.C3H7O.Ti/c2*1-4(2,7)3(5)6;1-4(2)3-5;1-3(2)4;/h2*7H,1-2H3,(H,5,6);4H,3H2,1-2H3;3H,1-2H3;/q;;2*-1;+4/p-2. The molecule has 0 aliphatic heterocycles. The molecule has 0 aliphatic carbocycles. The second-order valence-corrected chi connectivity index (χ2v) is 7.73. The third-order valence-corrected chi connectivity index (χ3v) is 3.09. The molecular weight excluding hydrogens is 356 g/mol. The van der Waals surface area contributed by atoms with Gasteiger partial charge in [0.2, 0.25) is 0 Å². The Bertz CT molecular complexity index is 308. The van der Waals surface area contributed by atoms with Crippen molar-refractivity contribution in [2.45, 2.75) is 72.7 Å². The van der Waals surface area contributed by atoms with Crippen LogP contribution >= 0.6 is 0 Å². The fourth-order valence-corrected chi connectivity index (χ4v) is 1.36. The van der Waals surface area contributed by atoms with Crippen LogP contribution in [-0.2, 0) is 36.2 Å². The Balaban J connectivity index is -0.000000283. The quantitative estimate of drug-likeness (QED) is 0.420. The Hall–Kier alpha value is -0.506. The zero-order valence-corrected chi connectivity index (χ0v) is 17.3. The fraction of sp³-hybridized carbons (Fsp3) is 0.867. The minimum absolute atomic E-state index is 0.326. The van der Waals surface area contributed by atoms with Crippen molar-refractivity contribution in [3.05, 3.63) is 0 Å². The molecule has 0 aromatic rings. The summed E-state index contributed by atoms with van der Waals surface area (Å²) < 4.78 is 10.6. The predicted molar refractivity (Wildman–Crippen MR) is 79.6 cm³/mol. The van der Waals surface area contributed by atoms with Gasteiger partial charge in [-0.3, -0.25) is 0 Å². The summed E-state index contributed by atoms with van der Waals surface area (Å²) >= 11 is -0.568. The molecule has 0 amide bonds. The number of hydrogen-bond acceptors (Lipinski definition) is 8. The molecule has 0 unspecified atom stereocenters. The van der Waals surface area contributed by atoms with Crippen molar-refractivity contribution in [1.29, 1.82) is 0 Å². The van der Waals surface area contributed by atoms with Crippen LogP contribution in [0.1, 0.15) is 55.4 Å². The molecule has 0 bridgehead atoms. The Morgan fingerprint density at radius 2 is 1.25 bits per heavy atom. The first-order chi connectivity index (χ1) is 10.5. The monoisotopic (exact) mass is 386 g/mol. The summed E-state index contributed by atoms with van der Waals surface area (Å²) in [6, 6.07) is 0. The molecule has 0 aliphatic rings. The zero-order chi connectivity index (χ0) is 20.1. The Morgan fingerprint density at radius 1 is 0.958 bits per heavy atom. The van der Waals surface area contributed by atoms with Crippen molar-refractivity contribution in [2.24, 2.45) is 5.92 Å². The van der Waals surface area contributed by atoms with Crippen molar-refractivity contribution in [3.63, 3.8) is 0 Å². The Kier molecular flexibility index (Phi) is 16.2. The zero-order valence-electron chi connectivity index (χ0n) is 15.7. The van der Waals surface area contributed by atoms with Gasteiger partial charge in [-0.2, -0.15) is 0 Å². The van der Waals surface area contributed by atoms with E-state index in [1.807, 2.05) is 13.8 Å². The minimum atomic E-state index is -1.69. The summed E-state index contributed by atoms with van der Waals surface area (Å²) in [4.78, 5) is 19.3. The molecule has 142 valence electrons. The molecule has 0 radical (unpaired) electrons. The number of carbonyl (C=O) groups excluding carboxylic acids is 2. The number of aliphatic hydroxyl groups is 2. The first kappa shape index (κ1) is 28.3. The predicted octanol–water partition coefficient (Wildman–Crippen LogP) is -0.989. The van der Waals surface area contributed by atoms with Crippen LogP contribution in [0.4, 0.5) is 0 Å². The molecule has 0 aromatic carbocycles. The van der Waals surface area contributed by atoms with Crippen LogP contribution in [0.25, 0.3) is 0 Å². The molecule has 0 saturated heterocycles. The van der Waals surface area contributed by atoms with Crippen molar-refractivity contribution < 1.29 is 56.6 Å². The van der Waals surface area contributed by atoms with Crippen molar-refractivity contribution in [3.8, 4) is 0 Å². The Morgan fingerprint density at radius 3 is 1.42 bits per heavy atom. The average molecular weight is 386 g/mol. The number of carboxylic acid groups (broad SMARTS) is 2. The third-order valence-electron chi connectivity index (χ3n) is 1.76. The van der Waals surface area contributed by atoms with Gasteiger partial charge in [0.25, 0.3) is 0 Å². The van der Waals surface area contributed by atoms with Gasteiger partial charge in [0, 0.05) is 0 Å². The van der Waals surface area contributed by atoms with Gasteiger partial charge in [0.1, 0.15) is 0 Å². The second-order valence-electron chi connectivity index (χ2n) is 6.65. The topological polar surface area (TPSA) is 139 Å². The van der Waals surface area contributed by atoms with E-state index >= 15 is 0 Å². The maximum absolute atomic E-state index is 9.66. The van der Waals surface area contributed by atoms with Crippen molar-refractivity contribution in [1.82, 2.24) is 0 Å². The molecule has 2 N–H and O–H groups in total. The van der Waals surface area contributed by atoms with Crippen molar-refractivity contribution in [2.75, 3.05) is 6.61 Å². The molecule has 24 heavy (non-hydrogen) atoms. The summed E-state index contributed by atoms with van der Waals surface area (Å²) in [6.07, 6.45) is 0.326. The number of carboxylic acids is 2. The van der Waals surface area contributed by atoms with Crippen LogP contribution in [0, 0.1) is 5.92 Å². The van der Waals surface area contributed by atoms with Crippen LogP contribution < -0.4 is 10.2 Å². The molecule has 0 fully saturated rings. The van der Waals surface area contributed by atoms with E-state index in [-0.39, 0.29) is 0 Å². The number of aliphatic carboxylic acids is 2. The summed E-state index contributed by atoms with van der Waals surface area (Å²) in [6.45, 7) is 13.8. The van der Waals surface area contributed by atoms with E-state index < -0.39 is 43.1 Å². The van der Waals surface area contributed by atoms with Gasteiger partial charge in [-0.25, -0.2) is 0 Å². The van der Waals surface area contributed by atoms with E-state index in [2.05, 4.69) is 13.8 Å². The molecule has 0 atom stereocenters. The third kappa shape index (κ3) is 26.4. The maximum atomic E-state index is 9.66. The summed E-state index contributed by atoms with van der Waals surface area (Å²) in [5, 5.41) is 36.2. The van der Waals surface area contributed by atoms with Gasteiger partial charge < -0.3 is 30.0 Å². The van der Waals surface area contributed by atoms with Crippen LogP contribution in [0.3, 0.4) is 0 Å². The molecule has 0 rings (SSSR count). The average Bonchev–Trinajstić information content (AvgIpc) is 2.33. The van der Waals surface area contributed by atoms with E-state index in [9.17, 15) is 19.8 Å². The molecule has 0 heterocycles. The number of rotatable bonds is 7. The molecule has 9 heteroatoms. The second kappa shape index (κ2) is 13.7. The van der Waals surface area contributed by atoms with Gasteiger partial charge in [-0.1, -0.05) is 0 Å². The fourth-order valence-electron chi connectivity index (χ4n) is 0.331. The molecule has 0 aromatic heterocycles. The van der Waals surface area contributed by atoms with E-state index in [0.29, 0.717) is 12.0 Å². The number of hydrogen-bond donors (Lipinski definition) is 2. The SMILES string of the molecule is CC(C)(O)C(=O)[O-].CC(C)(O)C(=O)[O-].CC(C)C[O][Ti+2][O]C(C)C. The molecule has 8 nitrogen and oxygen atoms in total. The first-order valence-electron chi connectivity index (χ1n) is 7.41. The molecule has 0 spiro atoms. The van der Waals surface area contributed by atoms with Crippen LogP contribution in [0.15, 0.2) is 0 Å². The molecular formula is C15H30O8Ti. The van der Waals surface area contributed by atoms with E-state index in [1.54, 1.807) is 0 Å². The first-order valence-corrected chi connectivity index (χ1v) is 8.69. The molecule has 0 saturated carbocycles. The van der Waals surface area contributed by atoms with E-state index in [4.69, 9.17) is 16.8 Å². The normalized spacial score (nSPS) is 11.0. The summed E-state index contributed by atoms with van der Waals surface area (Å²) in [5.74, 6) is -2.28. The van der Waals surface area contributed by atoms with Gasteiger partial charge in [-0.15, -0.1) is 0 Å². The van der Waals surface area contributed by atoms with E-state index in [1.165, 1.54) is 0 Å². The van der Waals surface area contributed by atoms with E-state index in [0.717, 1.165) is 34.3 Å². The van der Waals surface area contributed by atoms with Crippen LogP contribution in [0.2, 0.25) is 0 Å². The van der Waals surface area contributed by atoms with Crippen LogP contribution in [0.5, 0.6) is 0 Å². The van der Waals surface area contributed by atoms with Gasteiger partial charge in [0.15, 0.2) is 0 Å². The van der Waals surface area contributed by atoms with Crippen LogP contribution in [-0.4, -0.2) is 46.1 Å². The van der Waals surface area contributed by atoms with Gasteiger partial charge in [0.05, 0.1) is 23.1 Å².